The molecule has 5 nitrogen and oxygen atoms in total. The van der Waals surface area contributed by atoms with Gasteiger partial charge in [0.25, 0.3) is 10.9 Å². The third kappa shape index (κ3) is 2.87. The molecule has 2 aromatic rings. The van der Waals surface area contributed by atoms with Gasteiger partial charge in [0.05, 0.1) is 0 Å². The Morgan fingerprint density at radius 1 is 1.20 bits per heavy atom. The van der Waals surface area contributed by atoms with Gasteiger partial charge in [-0.1, -0.05) is 13.0 Å². The van der Waals surface area contributed by atoms with Gasteiger partial charge in [-0.25, -0.2) is 0 Å². The molecule has 0 aliphatic heterocycles. The van der Waals surface area contributed by atoms with E-state index in [0.29, 0.717) is 17.9 Å². The number of aromatic nitrogens is 1. The second-order valence-electron chi connectivity index (χ2n) is 5.49. The van der Waals surface area contributed by atoms with E-state index in [1.54, 1.807) is 12.4 Å². The van der Waals surface area contributed by atoms with Gasteiger partial charge in [0, 0.05) is 24.5 Å². The quantitative estimate of drug-likeness (QED) is 0.786. The standard InChI is InChI=1S/C15H19N3O2/c1-4-15(2,3)18-12-11(13(19)14(12)20)17-9-10-6-5-7-16-8-10/h5-8,17-18H,4,9H2,1-3H3. The largest absolute Gasteiger partial charge is 0.376 e. The molecule has 2 rings (SSSR count). The summed E-state index contributed by atoms with van der Waals surface area (Å²) in [5, 5.41) is 6.16. The van der Waals surface area contributed by atoms with E-state index in [1.165, 1.54) is 0 Å². The van der Waals surface area contributed by atoms with Gasteiger partial charge in [-0.3, -0.25) is 14.6 Å². The zero-order valence-electron chi connectivity index (χ0n) is 12.0. The summed E-state index contributed by atoms with van der Waals surface area (Å²) >= 11 is 0. The summed E-state index contributed by atoms with van der Waals surface area (Å²) in [5.41, 5.74) is 0.614. The van der Waals surface area contributed by atoms with E-state index in [2.05, 4.69) is 15.6 Å². The van der Waals surface area contributed by atoms with Crippen molar-refractivity contribution in [3.8, 4) is 0 Å². The molecule has 0 atom stereocenters. The lowest BCUT2D eigenvalue weighted by molar-refractivity contribution is 0.546. The molecule has 0 aliphatic carbocycles. The van der Waals surface area contributed by atoms with Gasteiger partial charge in [-0.05, 0) is 31.9 Å². The van der Waals surface area contributed by atoms with Gasteiger partial charge in [-0.2, -0.15) is 0 Å². The van der Waals surface area contributed by atoms with Crippen LogP contribution in [-0.2, 0) is 6.54 Å². The van der Waals surface area contributed by atoms with Crippen LogP contribution in [0.5, 0.6) is 0 Å². The molecule has 2 N–H and O–H groups in total. The molecule has 20 heavy (non-hydrogen) atoms. The third-order valence-electron chi connectivity index (χ3n) is 3.45. The van der Waals surface area contributed by atoms with E-state index in [4.69, 9.17) is 0 Å². The molecule has 5 heteroatoms. The fraction of sp³-hybridized carbons (Fsp3) is 0.400. The van der Waals surface area contributed by atoms with Crippen molar-refractivity contribution in [1.29, 1.82) is 0 Å². The number of pyridine rings is 1. The second kappa shape index (κ2) is 5.45. The topological polar surface area (TPSA) is 71.1 Å². The molecular formula is C15H19N3O2. The van der Waals surface area contributed by atoms with E-state index in [1.807, 2.05) is 32.9 Å². The zero-order chi connectivity index (χ0) is 14.8. The van der Waals surface area contributed by atoms with Crippen molar-refractivity contribution < 1.29 is 0 Å². The highest BCUT2D eigenvalue weighted by Crippen LogP contribution is 2.22. The maximum absolute atomic E-state index is 11.7. The summed E-state index contributed by atoms with van der Waals surface area (Å²) in [5.74, 6) is 0. The molecule has 0 spiro atoms. The van der Waals surface area contributed by atoms with Crippen LogP contribution >= 0.6 is 0 Å². The minimum atomic E-state index is -0.455. The number of hydrogen-bond acceptors (Lipinski definition) is 5. The van der Waals surface area contributed by atoms with E-state index >= 15 is 0 Å². The molecule has 1 aromatic carbocycles. The van der Waals surface area contributed by atoms with Crippen LogP contribution in [0.3, 0.4) is 0 Å². The van der Waals surface area contributed by atoms with Crippen molar-refractivity contribution in [2.45, 2.75) is 39.3 Å². The first kappa shape index (κ1) is 14.2. The minimum Gasteiger partial charge on any atom is -0.376 e. The average Bonchev–Trinajstić information content (AvgIpc) is 2.47. The average molecular weight is 273 g/mol. The van der Waals surface area contributed by atoms with Crippen molar-refractivity contribution in [2.24, 2.45) is 0 Å². The first-order valence-corrected chi connectivity index (χ1v) is 6.69. The normalized spacial score (nSPS) is 11.6. The van der Waals surface area contributed by atoms with Crippen molar-refractivity contribution in [3.63, 3.8) is 0 Å². The lowest BCUT2D eigenvalue weighted by atomic mass is 10.00. The lowest BCUT2D eigenvalue weighted by Gasteiger charge is -2.27. The Bertz CT molecular complexity index is 655. The van der Waals surface area contributed by atoms with Crippen LogP contribution in [-0.4, -0.2) is 10.5 Å². The SMILES string of the molecule is CCC(C)(C)Nc1c(NCc2cccnc2)c(=O)c1=O. The van der Waals surface area contributed by atoms with Crippen molar-refractivity contribution in [1.82, 2.24) is 4.98 Å². The molecule has 0 bridgehead atoms. The van der Waals surface area contributed by atoms with Crippen LogP contribution in [0.1, 0.15) is 32.8 Å². The summed E-state index contributed by atoms with van der Waals surface area (Å²) in [6.45, 7) is 6.49. The molecule has 1 aromatic heterocycles. The van der Waals surface area contributed by atoms with Gasteiger partial charge in [0.1, 0.15) is 11.4 Å². The van der Waals surface area contributed by atoms with Crippen molar-refractivity contribution in [3.05, 3.63) is 50.5 Å². The maximum Gasteiger partial charge on any atom is 0.253 e. The van der Waals surface area contributed by atoms with Crippen LogP contribution in [0.25, 0.3) is 0 Å². The number of rotatable bonds is 6. The van der Waals surface area contributed by atoms with E-state index in [9.17, 15) is 9.59 Å². The van der Waals surface area contributed by atoms with Crippen LogP contribution in [0, 0.1) is 0 Å². The Labute approximate surface area is 117 Å². The monoisotopic (exact) mass is 273 g/mol. The van der Waals surface area contributed by atoms with Crippen LogP contribution in [0.4, 0.5) is 11.4 Å². The molecule has 0 radical (unpaired) electrons. The van der Waals surface area contributed by atoms with E-state index in [-0.39, 0.29) is 5.54 Å². The Morgan fingerprint density at radius 2 is 1.90 bits per heavy atom. The summed E-state index contributed by atoms with van der Waals surface area (Å²) < 4.78 is 0. The van der Waals surface area contributed by atoms with E-state index in [0.717, 1.165) is 12.0 Å². The molecule has 0 aliphatic rings. The molecule has 106 valence electrons. The molecule has 0 saturated carbocycles. The molecular weight excluding hydrogens is 254 g/mol. The minimum absolute atomic E-state index is 0.215. The van der Waals surface area contributed by atoms with Crippen molar-refractivity contribution in [2.75, 3.05) is 10.6 Å². The zero-order valence-corrected chi connectivity index (χ0v) is 12.0. The van der Waals surface area contributed by atoms with E-state index < -0.39 is 10.9 Å². The van der Waals surface area contributed by atoms with Crippen LogP contribution in [0.2, 0.25) is 0 Å². The van der Waals surface area contributed by atoms with Gasteiger partial charge in [0.2, 0.25) is 0 Å². The fourth-order valence-electron chi connectivity index (χ4n) is 1.80. The number of nitrogens with zero attached hydrogens (tertiary/aromatic N) is 1. The highest BCUT2D eigenvalue weighted by Gasteiger charge is 2.25. The number of nitrogens with one attached hydrogen (secondary N) is 2. The first-order chi connectivity index (χ1) is 9.44. The predicted molar refractivity (Wildman–Crippen MR) is 80.9 cm³/mol. The molecule has 0 saturated heterocycles. The van der Waals surface area contributed by atoms with Crippen molar-refractivity contribution >= 4 is 11.4 Å². The summed E-state index contributed by atoms with van der Waals surface area (Å²) in [6, 6.07) is 3.74. The Kier molecular flexibility index (Phi) is 3.88. The molecule has 0 amide bonds. The van der Waals surface area contributed by atoms with Gasteiger partial charge < -0.3 is 10.6 Å². The summed E-state index contributed by atoms with van der Waals surface area (Å²) in [6.07, 6.45) is 4.27. The molecule has 0 unspecified atom stereocenters. The highest BCUT2D eigenvalue weighted by atomic mass is 16.2. The smallest absolute Gasteiger partial charge is 0.253 e. The van der Waals surface area contributed by atoms with Crippen LogP contribution in [0.15, 0.2) is 34.1 Å². The Balaban J connectivity index is 2.12. The Hall–Kier alpha value is -2.17. The summed E-state index contributed by atoms with van der Waals surface area (Å²) in [7, 11) is 0. The predicted octanol–water partition coefficient (Wildman–Crippen LogP) is 1.89. The maximum atomic E-state index is 11.7. The fourth-order valence-corrected chi connectivity index (χ4v) is 1.80. The van der Waals surface area contributed by atoms with Gasteiger partial charge in [-0.15, -0.1) is 0 Å². The van der Waals surface area contributed by atoms with Crippen LogP contribution < -0.4 is 21.5 Å². The third-order valence-corrected chi connectivity index (χ3v) is 3.45. The second-order valence-corrected chi connectivity index (χ2v) is 5.49. The lowest BCUT2D eigenvalue weighted by Crippen LogP contribution is -2.42. The number of anilines is 2. The summed E-state index contributed by atoms with van der Waals surface area (Å²) in [4.78, 5) is 27.3. The molecule has 1 heterocycles. The number of hydrogen-bond donors (Lipinski definition) is 2. The van der Waals surface area contributed by atoms with Gasteiger partial charge >= 0.3 is 0 Å². The van der Waals surface area contributed by atoms with Gasteiger partial charge in [0.15, 0.2) is 0 Å². The first-order valence-electron chi connectivity index (χ1n) is 6.69. The molecule has 0 fully saturated rings. The Morgan fingerprint density at radius 3 is 2.50 bits per heavy atom. The highest BCUT2D eigenvalue weighted by molar-refractivity contribution is 5.74.